The van der Waals surface area contributed by atoms with Crippen LogP contribution in [0.4, 0.5) is 4.39 Å². The first-order chi connectivity index (χ1) is 15.3. The Balaban J connectivity index is 2.07. The highest BCUT2D eigenvalue weighted by atomic mass is 19.1. The van der Waals surface area contributed by atoms with Crippen molar-refractivity contribution >= 4 is 17.7 Å². The van der Waals surface area contributed by atoms with Crippen LogP contribution in [0.1, 0.15) is 38.7 Å². The first-order valence-electron chi connectivity index (χ1n) is 10.6. The first kappa shape index (κ1) is 23.7. The number of benzene rings is 1. The summed E-state index contributed by atoms with van der Waals surface area (Å²) >= 11 is 0. The average molecular weight is 445 g/mol. The minimum absolute atomic E-state index is 0.0427. The molecule has 1 aromatic carbocycles. The van der Waals surface area contributed by atoms with Gasteiger partial charge in [-0.25, -0.2) is 9.18 Å². The maximum atomic E-state index is 14.1. The van der Waals surface area contributed by atoms with Gasteiger partial charge in [0.2, 0.25) is 0 Å². The van der Waals surface area contributed by atoms with Crippen LogP contribution < -0.4 is 5.32 Å². The monoisotopic (exact) mass is 445 g/mol. The van der Waals surface area contributed by atoms with Crippen molar-refractivity contribution in [2.45, 2.75) is 33.1 Å². The van der Waals surface area contributed by atoms with Gasteiger partial charge in [-0.15, -0.1) is 0 Å². The molecule has 2 aliphatic rings. The number of carbonyl (C=O) groups is 3. The summed E-state index contributed by atoms with van der Waals surface area (Å²) in [6.45, 7) is 6.13. The van der Waals surface area contributed by atoms with Gasteiger partial charge in [0.1, 0.15) is 18.3 Å². The molecule has 1 aromatic rings. The van der Waals surface area contributed by atoms with E-state index in [1.165, 1.54) is 25.3 Å². The number of ketones is 1. The zero-order valence-corrected chi connectivity index (χ0v) is 18.7. The quantitative estimate of drug-likeness (QED) is 0.392. The standard InChI is InChI=1S/C24H28FNO6/c1-5-31-9-10-32-24(29)19-14(3)26-17-11-13(2)18(23(28)30-4)22(27)21(17)20(19)15-7-6-8-16(25)12-15/h6-8,12-13,18,20,26H,5,9-11H2,1-4H3/t13-,18-,20-/m1/s1. The molecule has 0 bridgehead atoms. The molecule has 1 N–H and O–H groups in total. The lowest BCUT2D eigenvalue weighted by molar-refractivity contribution is -0.151. The molecule has 0 aromatic heterocycles. The van der Waals surface area contributed by atoms with Gasteiger partial charge >= 0.3 is 11.9 Å². The fourth-order valence-corrected chi connectivity index (χ4v) is 4.39. The molecule has 32 heavy (non-hydrogen) atoms. The number of hydrogen-bond donors (Lipinski definition) is 1. The Labute approximate surface area is 186 Å². The van der Waals surface area contributed by atoms with Gasteiger partial charge in [0.15, 0.2) is 5.78 Å². The third-order valence-corrected chi connectivity index (χ3v) is 5.81. The van der Waals surface area contributed by atoms with Gasteiger partial charge in [-0.2, -0.15) is 0 Å². The van der Waals surface area contributed by atoms with E-state index in [9.17, 15) is 18.8 Å². The van der Waals surface area contributed by atoms with Crippen molar-refractivity contribution in [2.75, 3.05) is 26.9 Å². The van der Waals surface area contributed by atoms with Crippen molar-refractivity contribution in [3.8, 4) is 0 Å². The van der Waals surface area contributed by atoms with Gasteiger partial charge in [0, 0.05) is 29.5 Å². The van der Waals surface area contributed by atoms with E-state index in [0.29, 0.717) is 30.0 Å². The number of esters is 2. The lowest BCUT2D eigenvalue weighted by Crippen LogP contribution is -2.43. The van der Waals surface area contributed by atoms with E-state index in [-0.39, 0.29) is 30.3 Å². The molecular weight excluding hydrogens is 417 g/mol. The van der Waals surface area contributed by atoms with E-state index >= 15 is 0 Å². The number of Topliss-reactive ketones (excluding diaryl/α,β-unsaturated/α-hetero) is 1. The van der Waals surface area contributed by atoms with Gasteiger partial charge in [-0.05, 0) is 43.9 Å². The molecule has 3 rings (SSSR count). The molecule has 1 heterocycles. The van der Waals surface area contributed by atoms with Crippen LogP contribution >= 0.6 is 0 Å². The summed E-state index contributed by atoms with van der Waals surface area (Å²) in [5, 5.41) is 3.16. The number of ether oxygens (including phenoxy) is 3. The zero-order valence-electron chi connectivity index (χ0n) is 18.7. The Morgan fingerprint density at radius 3 is 2.66 bits per heavy atom. The van der Waals surface area contributed by atoms with Crippen LogP contribution in [0, 0.1) is 17.7 Å². The Morgan fingerprint density at radius 2 is 2.00 bits per heavy atom. The number of hydrogen-bond acceptors (Lipinski definition) is 7. The van der Waals surface area contributed by atoms with Crippen molar-refractivity contribution in [1.82, 2.24) is 5.32 Å². The Kier molecular flexibility index (Phi) is 7.45. The van der Waals surface area contributed by atoms with Gasteiger partial charge in [-0.3, -0.25) is 9.59 Å². The minimum Gasteiger partial charge on any atom is -0.468 e. The van der Waals surface area contributed by atoms with Crippen LogP contribution in [0.15, 0.2) is 46.8 Å². The largest absolute Gasteiger partial charge is 0.468 e. The number of halogens is 1. The van der Waals surface area contributed by atoms with Crippen molar-refractivity contribution in [2.24, 2.45) is 11.8 Å². The molecule has 0 saturated carbocycles. The molecule has 0 saturated heterocycles. The molecule has 7 nitrogen and oxygen atoms in total. The summed E-state index contributed by atoms with van der Waals surface area (Å²) in [6, 6.07) is 5.76. The van der Waals surface area contributed by atoms with Crippen LogP contribution in [-0.2, 0) is 28.6 Å². The average Bonchev–Trinajstić information content (AvgIpc) is 2.75. The van der Waals surface area contributed by atoms with Crippen LogP contribution in [0.3, 0.4) is 0 Å². The molecule has 8 heteroatoms. The van der Waals surface area contributed by atoms with E-state index < -0.39 is 35.4 Å². The predicted octanol–water partition coefficient (Wildman–Crippen LogP) is 3.02. The predicted molar refractivity (Wildman–Crippen MR) is 114 cm³/mol. The van der Waals surface area contributed by atoms with Gasteiger partial charge < -0.3 is 19.5 Å². The van der Waals surface area contributed by atoms with Crippen molar-refractivity contribution in [1.29, 1.82) is 0 Å². The highest BCUT2D eigenvalue weighted by Crippen LogP contribution is 2.45. The Morgan fingerprint density at radius 1 is 1.25 bits per heavy atom. The fourth-order valence-electron chi connectivity index (χ4n) is 4.39. The smallest absolute Gasteiger partial charge is 0.336 e. The van der Waals surface area contributed by atoms with E-state index in [1.807, 2.05) is 6.92 Å². The normalized spacial score (nSPS) is 22.9. The molecule has 0 radical (unpaired) electrons. The molecule has 0 fully saturated rings. The number of rotatable bonds is 7. The molecule has 0 amide bonds. The summed E-state index contributed by atoms with van der Waals surface area (Å²) in [6.07, 6.45) is 0.413. The van der Waals surface area contributed by atoms with Crippen molar-refractivity contribution < 1.29 is 33.0 Å². The number of allylic oxidation sites excluding steroid dienone is 3. The fraction of sp³-hybridized carbons (Fsp3) is 0.458. The first-order valence-corrected chi connectivity index (χ1v) is 10.6. The maximum Gasteiger partial charge on any atom is 0.336 e. The second-order valence-electron chi connectivity index (χ2n) is 7.92. The second-order valence-corrected chi connectivity index (χ2v) is 7.92. The summed E-state index contributed by atoms with van der Waals surface area (Å²) in [4.78, 5) is 39.0. The minimum atomic E-state index is -0.995. The molecule has 3 atom stereocenters. The molecule has 1 aliphatic carbocycles. The Hall–Kier alpha value is -3.00. The van der Waals surface area contributed by atoms with E-state index in [0.717, 1.165) is 0 Å². The summed E-state index contributed by atoms with van der Waals surface area (Å²) < 4.78 is 29.6. The number of carbonyl (C=O) groups excluding carboxylic acids is 3. The number of nitrogens with one attached hydrogen (secondary N) is 1. The van der Waals surface area contributed by atoms with Crippen LogP contribution in [0.25, 0.3) is 0 Å². The van der Waals surface area contributed by atoms with E-state index in [4.69, 9.17) is 14.2 Å². The topological polar surface area (TPSA) is 90.9 Å². The van der Waals surface area contributed by atoms with Crippen molar-refractivity contribution in [3.63, 3.8) is 0 Å². The van der Waals surface area contributed by atoms with Crippen LogP contribution in [-0.4, -0.2) is 44.7 Å². The maximum absolute atomic E-state index is 14.1. The van der Waals surface area contributed by atoms with Gasteiger partial charge in [0.25, 0.3) is 0 Å². The van der Waals surface area contributed by atoms with Crippen LogP contribution in [0.5, 0.6) is 0 Å². The Bertz CT molecular complexity index is 982. The highest BCUT2D eigenvalue weighted by molar-refractivity contribution is 6.12. The number of methoxy groups -OCH3 is 1. The van der Waals surface area contributed by atoms with Gasteiger partial charge in [-0.1, -0.05) is 19.1 Å². The molecule has 0 spiro atoms. The molecule has 0 unspecified atom stereocenters. The van der Waals surface area contributed by atoms with E-state index in [1.54, 1.807) is 19.9 Å². The summed E-state index contributed by atoms with van der Waals surface area (Å²) in [7, 11) is 1.24. The van der Waals surface area contributed by atoms with E-state index in [2.05, 4.69) is 5.32 Å². The third kappa shape index (κ3) is 4.60. The third-order valence-electron chi connectivity index (χ3n) is 5.81. The SMILES string of the molecule is CCOCCOC(=O)C1=C(C)NC2=C(C(=O)[C@H](C(=O)OC)[C@H](C)C2)[C@@H]1c1cccc(F)c1. The number of dihydropyridines is 1. The lowest BCUT2D eigenvalue weighted by atomic mass is 9.69. The van der Waals surface area contributed by atoms with Crippen LogP contribution in [0.2, 0.25) is 0 Å². The highest BCUT2D eigenvalue weighted by Gasteiger charge is 2.47. The summed E-state index contributed by atoms with van der Waals surface area (Å²) in [5.74, 6) is -4.33. The lowest BCUT2D eigenvalue weighted by Gasteiger charge is -2.38. The van der Waals surface area contributed by atoms with Crippen molar-refractivity contribution in [3.05, 3.63) is 58.2 Å². The zero-order chi connectivity index (χ0) is 23.4. The summed E-state index contributed by atoms with van der Waals surface area (Å²) in [5.41, 5.74) is 2.06. The van der Waals surface area contributed by atoms with Gasteiger partial charge in [0.05, 0.1) is 19.3 Å². The second kappa shape index (κ2) is 10.1. The molecule has 1 aliphatic heterocycles. The molecule has 172 valence electrons. The molecular formula is C24H28FNO6.